The lowest BCUT2D eigenvalue weighted by Crippen LogP contribution is -2.32. The predicted octanol–water partition coefficient (Wildman–Crippen LogP) is 15.7. The van der Waals surface area contributed by atoms with Gasteiger partial charge in [-0.1, -0.05) is 158 Å². The molecule has 9 aromatic carbocycles. The van der Waals surface area contributed by atoms with E-state index in [0.29, 0.717) is 17.5 Å². The Balaban J connectivity index is 1.31. The van der Waals surface area contributed by atoms with Gasteiger partial charge in [0.05, 0.1) is 0 Å². The van der Waals surface area contributed by atoms with Crippen molar-refractivity contribution in [1.29, 1.82) is 0 Å². The molecule has 0 saturated heterocycles. The number of aromatic nitrogens is 3. The van der Waals surface area contributed by atoms with E-state index in [0.717, 1.165) is 73.1 Å². The minimum absolute atomic E-state index is 0.615. The second kappa shape index (κ2) is 17.2. The second-order valence-corrected chi connectivity index (χ2v) is 17.6. The summed E-state index contributed by atoms with van der Waals surface area (Å²) in [6.07, 6.45) is 0. The van der Waals surface area contributed by atoms with Crippen molar-refractivity contribution in [3.05, 3.63) is 269 Å². The molecule has 11 rings (SSSR count). The molecule has 5 nitrogen and oxygen atoms in total. The molecule has 1 aliphatic carbocycles. The standard InChI is InChI=1S/C62H49N5/c1-42-19-15-27-49(35-42)66(50-28-16-20-43(2)36-50)53-39-48(40-54(41-53)67(51-29-17-21-44(3)37-51)52-30-18-22-45(4)38-52)62(57-33-13-11-31-55(57)56-32-12-14-34-58(56)62)61-64-59(46-23-7-5-8-24-46)63-60(65-61)47-25-9-6-10-26-47/h5-41H,1-4H3. The Morgan fingerprint density at radius 1 is 0.313 bits per heavy atom. The maximum atomic E-state index is 5.64. The molecule has 322 valence electrons. The molecule has 0 bridgehead atoms. The first-order valence-electron chi connectivity index (χ1n) is 22.9. The largest absolute Gasteiger partial charge is 0.310 e. The van der Waals surface area contributed by atoms with Crippen molar-refractivity contribution in [3.8, 4) is 33.9 Å². The molecule has 0 N–H and O–H groups in total. The fourth-order valence-corrected chi connectivity index (χ4v) is 9.92. The fraction of sp³-hybridized carbons (Fsp3) is 0.0806. The van der Waals surface area contributed by atoms with Crippen molar-refractivity contribution < 1.29 is 0 Å². The number of hydrogen-bond donors (Lipinski definition) is 0. The highest BCUT2D eigenvalue weighted by Crippen LogP contribution is 2.57. The van der Waals surface area contributed by atoms with Crippen LogP contribution in [-0.4, -0.2) is 15.0 Å². The van der Waals surface area contributed by atoms with Crippen molar-refractivity contribution in [1.82, 2.24) is 15.0 Å². The number of rotatable bonds is 10. The van der Waals surface area contributed by atoms with Crippen LogP contribution in [0.5, 0.6) is 0 Å². The Bertz CT molecular complexity index is 3130. The smallest absolute Gasteiger partial charge is 0.163 e. The summed E-state index contributed by atoms with van der Waals surface area (Å²) in [5.74, 6) is 1.88. The molecule has 0 amide bonds. The van der Waals surface area contributed by atoms with E-state index in [1.165, 1.54) is 22.3 Å². The van der Waals surface area contributed by atoms with Gasteiger partial charge in [-0.25, -0.2) is 15.0 Å². The molecule has 67 heavy (non-hydrogen) atoms. The Morgan fingerprint density at radius 2 is 0.672 bits per heavy atom. The van der Waals surface area contributed by atoms with Crippen LogP contribution in [0.25, 0.3) is 33.9 Å². The first-order chi connectivity index (χ1) is 32.8. The van der Waals surface area contributed by atoms with Crippen LogP contribution in [0.1, 0.15) is 44.8 Å². The molecule has 0 atom stereocenters. The van der Waals surface area contributed by atoms with E-state index in [-0.39, 0.29) is 0 Å². The van der Waals surface area contributed by atoms with E-state index in [4.69, 9.17) is 15.0 Å². The highest BCUT2D eigenvalue weighted by Gasteiger charge is 2.49. The summed E-state index contributed by atoms with van der Waals surface area (Å²) >= 11 is 0. The Labute approximate surface area is 393 Å². The van der Waals surface area contributed by atoms with E-state index in [1.54, 1.807) is 0 Å². The zero-order valence-corrected chi connectivity index (χ0v) is 38.1. The summed E-state index contributed by atoms with van der Waals surface area (Å²) in [5.41, 5.74) is 17.3. The normalized spacial score (nSPS) is 12.3. The summed E-state index contributed by atoms with van der Waals surface area (Å²) in [6.45, 7) is 8.64. The van der Waals surface area contributed by atoms with Crippen LogP contribution in [0, 0.1) is 27.7 Å². The summed E-state index contributed by atoms with van der Waals surface area (Å²) < 4.78 is 0. The molecule has 0 aliphatic heterocycles. The quantitative estimate of drug-likeness (QED) is 0.137. The molecule has 1 aliphatic rings. The van der Waals surface area contributed by atoms with Gasteiger partial charge in [-0.15, -0.1) is 0 Å². The highest BCUT2D eigenvalue weighted by atomic mass is 15.2. The first-order valence-corrected chi connectivity index (χ1v) is 22.9. The van der Waals surface area contributed by atoms with Gasteiger partial charge in [-0.05, 0) is 144 Å². The van der Waals surface area contributed by atoms with Crippen LogP contribution in [0.3, 0.4) is 0 Å². The second-order valence-electron chi connectivity index (χ2n) is 17.6. The van der Waals surface area contributed by atoms with Crippen molar-refractivity contribution in [2.45, 2.75) is 33.1 Å². The molecule has 0 fully saturated rings. The Hall–Kier alpha value is -8.41. The Kier molecular flexibility index (Phi) is 10.6. The average Bonchev–Trinajstić information content (AvgIpc) is 3.66. The third-order valence-corrected chi connectivity index (χ3v) is 12.9. The summed E-state index contributed by atoms with van der Waals surface area (Å²) in [6, 6.07) is 80.5. The Morgan fingerprint density at radius 3 is 1.04 bits per heavy atom. The zero-order chi connectivity index (χ0) is 45.5. The van der Waals surface area contributed by atoms with Gasteiger partial charge in [0.2, 0.25) is 0 Å². The van der Waals surface area contributed by atoms with E-state index in [9.17, 15) is 0 Å². The van der Waals surface area contributed by atoms with Crippen molar-refractivity contribution in [2.24, 2.45) is 0 Å². The summed E-state index contributed by atoms with van der Waals surface area (Å²) in [7, 11) is 0. The molecule has 0 radical (unpaired) electrons. The average molecular weight is 864 g/mol. The summed E-state index contributed by atoms with van der Waals surface area (Å²) in [4.78, 5) is 21.3. The van der Waals surface area contributed by atoms with Crippen LogP contribution in [0.15, 0.2) is 224 Å². The van der Waals surface area contributed by atoms with Crippen LogP contribution in [-0.2, 0) is 5.41 Å². The lowest BCUT2D eigenvalue weighted by Gasteiger charge is -2.36. The molecule has 0 spiro atoms. The molecule has 1 heterocycles. The van der Waals surface area contributed by atoms with E-state index in [1.807, 2.05) is 36.4 Å². The van der Waals surface area contributed by atoms with Gasteiger partial charge < -0.3 is 9.80 Å². The van der Waals surface area contributed by atoms with Gasteiger partial charge in [-0.3, -0.25) is 0 Å². The summed E-state index contributed by atoms with van der Waals surface area (Å²) in [5, 5.41) is 0. The van der Waals surface area contributed by atoms with Crippen LogP contribution < -0.4 is 9.80 Å². The topological polar surface area (TPSA) is 45.2 Å². The molecular formula is C62H49N5. The SMILES string of the molecule is Cc1cccc(N(c2cccc(C)c2)c2cc(N(c3cccc(C)c3)c3cccc(C)c3)cc(C3(c4nc(-c5ccccc5)nc(-c5ccccc5)n4)c4ccccc4-c4ccccc43)c2)c1. The van der Waals surface area contributed by atoms with Crippen LogP contribution >= 0.6 is 0 Å². The molecule has 5 heteroatoms. The van der Waals surface area contributed by atoms with Gasteiger partial charge in [0, 0.05) is 45.3 Å². The number of anilines is 6. The molecule has 10 aromatic rings. The third kappa shape index (κ3) is 7.54. The highest BCUT2D eigenvalue weighted by molar-refractivity contribution is 5.89. The van der Waals surface area contributed by atoms with Crippen molar-refractivity contribution in [3.63, 3.8) is 0 Å². The minimum atomic E-state index is -1.01. The first kappa shape index (κ1) is 41.3. The predicted molar refractivity (Wildman–Crippen MR) is 276 cm³/mol. The van der Waals surface area contributed by atoms with E-state index >= 15 is 0 Å². The van der Waals surface area contributed by atoms with E-state index < -0.39 is 5.41 Å². The lowest BCUT2D eigenvalue weighted by molar-refractivity contribution is 0.692. The monoisotopic (exact) mass is 863 g/mol. The van der Waals surface area contributed by atoms with Crippen LogP contribution in [0.2, 0.25) is 0 Å². The van der Waals surface area contributed by atoms with Gasteiger partial charge in [0.15, 0.2) is 17.5 Å². The molecule has 0 unspecified atom stereocenters. The van der Waals surface area contributed by atoms with Gasteiger partial charge in [-0.2, -0.15) is 0 Å². The number of nitrogens with zero attached hydrogens (tertiary/aromatic N) is 5. The lowest BCUT2D eigenvalue weighted by atomic mass is 9.71. The number of fused-ring (bicyclic) bond motifs is 3. The van der Waals surface area contributed by atoms with Gasteiger partial charge in [0.25, 0.3) is 0 Å². The molecule has 0 saturated carbocycles. The van der Waals surface area contributed by atoms with Crippen molar-refractivity contribution >= 4 is 34.1 Å². The van der Waals surface area contributed by atoms with Gasteiger partial charge in [0.1, 0.15) is 5.41 Å². The van der Waals surface area contributed by atoms with E-state index in [2.05, 4.69) is 226 Å². The van der Waals surface area contributed by atoms with Crippen molar-refractivity contribution in [2.75, 3.05) is 9.80 Å². The zero-order valence-electron chi connectivity index (χ0n) is 38.1. The maximum absolute atomic E-state index is 5.64. The third-order valence-electron chi connectivity index (χ3n) is 12.9. The number of benzene rings is 9. The van der Waals surface area contributed by atoms with Crippen LogP contribution in [0.4, 0.5) is 34.1 Å². The number of hydrogen-bond acceptors (Lipinski definition) is 5. The molecular weight excluding hydrogens is 815 g/mol. The van der Waals surface area contributed by atoms with Gasteiger partial charge >= 0.3 is 0 Å². The maximum Gasteiger partial charge on any atom is 0.163 e. The minimum Gasteiger partial charge on any atom is -0.310 e. The fourth-order valence-electron chi connectivity index (χ4n) is 9.92. The molecule has 1 aromatic heterocycles. The number of aryl methyl sites for hydroxylation is 4.